The van der Waals surface area contributed by atoms with Gasteiger partial charge in [-0.05, 0) is 93.4 Å². The molecule has 2 rings (SSSR count). The van der Waals surface area contributed by atoms with Crippen LogP contribution < -0.4 is 0 Å². The van der Waals surface area contributed by atoms with Crippen molar-refractivity contribution in [3.05, 3.63) is 53.3 Å². The Labute approximate surface area is 144 Å². The number of phenolic OH excluding ortho intramolecular Hbond substituents is 2. The van der Waals surface area contributed by atoms with Gasteiger partial charge in [0.15, 0.2) is 0 Å². The molecule has 0 fully saturated rings. The van der Waals surface area contributed by atoms with Crippen molar-refractivity contribution in [1.29, 1.82) is 0 Å². The maximum absolute atomic E-state index is 9.91. The van der Waals surface area contributed by atoms with Crippen LogP contribution in [0, 0.1) is 0 Å². The van der Waals surface area contributed by atoms with E-state index in [1.165, 1.54) is 0 Å². The van der Waals surface area contributed by atoms with Gasteiger partial charge in [0.2, 0.25) is 0 Å². The van der Waals surface area contributed by atoms with Crippen LogP contribution >= 0.6 is 63.7 Å². The van der Waals surface area contributed by atoms with Gasteiger partial charge >= 0.3 is 0 Å². The van der Waals surface area contributed by atoms with E-state index in [9.17, 15) is 10.2 Å². The van der Waals surface area contributed by atoms with Crippen molar-refractivity contribution in [2.45, 2.75) is 6.42 Å². The van der Waals surface area contributed by atoms with Crippen LogP contribution in [0.3, 0.4) is 0 Å². The second kappa shape index (κ2) is 6.16. The Morgan fingerprint density at radius 3 is 1.68 bits per heavy atom. The van der Waals surface area contributed by atoms with E-state index in [1.807, 2.05) is 12.1 Å². The summed E-state index contributed by atoms with van der Waals surface area (Å²) in [5.74, 6) is 0.392. The minimum atomic E-state index is 0.146. The molecule has 0 saturated carbocycles. The van der Waals surface area contributed by atoms with Gasteiger partial charge in [0.25, 0.3) is 0 Å². The zero-order valence-electron chi connectivity index (χ0n) is 9.42. The lowest BCUT2D eigenvalue weighted by Gasteiger charge is -2.13. The number of phenols is 2. The summed E-state index contributed by atoms with van der Waals surface area (Å²) in [5.41, 5.74) is 2.06. The molecule has 19 heavy (non-hydrogen) atoms. The lowest BCUT2D eigenvalue weighted by molar-refractivity contribution is 0.467. The van der Waals surface area contributed by atoms with E-state index >= 15 is 0 Å². The normalized spacial score (nSPS) is 10.7. The van der Waals surface area contributed by atoms with E-state index in [0.29, 0.717) is 15.4 Å². The molecule has 6 heteroatoms. The van der Waals surface area contributed by atoms with Crippen LogP contribution in [0.5, 0.6) is 11.5 Å². The van der Waals surface area contributed by atoms with Gasteiger partial charge in [-0.2, -0.15) is 0 Å². The van der Waals surface area contributed by atoms with E-state index in [0.717, 1.165) is 20.1 Å². The van der Waals surface area contributed by atoms with Crippen molar-refractivity contribution < 1.29 is 10.2 Å². The molecule has 0 radical (unpaired) electrons. The minimum Gasteiger partial charge on any atom is -0.508 e. The molecular formula is C13H8Br4O2. The van der Waals surface area contributed by atoms with E-state index in [4.69, 9.17) is 0 Å². The molecule has 0 amide bonds. The second-order valence-electron chi connectivity index (χ2n) is 3.93. The minimum absolute atomic E-state index is 0.146. The summed E-state index contributed by atoms with van der Waals surface area (Å²) in [7, 11) is 0. The van der Waals surface area contributed by atoms with Crippen molar-refractivity contribution in [3.8, 4) is 11.5 Å². The van der Waals surface area contributed by atoms with Crippen molar-refractivity contribution in [1.82, 2.24) is 0 Å². The Morgan fingerprint density at radius 1 is 0.737 bits per heavy atom. The topological polar surface area (TPSA) is 40.5 Å². The Morgan fingerprint density at radius 2 is 1.21 bits per heavy atom. The smallest absolute Gasteiger partial charge is 0.146 e. The molecule has 2 nitrogen and oxygen atoms in total. The number of hydrogen-bond acceptors (Lipinski definition) is 2. The van der Waals surface area contributed by atoms with Crippen molar-refractivity contribution >= 4 is 63.7 Å². The molecule has 2 aromatic rings. The quantitative estimate of drug-likeness (QED) is 0.501. The molecule has 0 saturated heterocycles. The standard InChI is InChI=1S/C13H8Br4O2/c14-9-8(5-6-1-3-7(18)4-2-6)10(15)12(17)13(19)11(9)16/h1-4,18-19H,5H2. The molecular weight excluding hydrogens is 508 g/mol. The number of hydrogen-bond donors (Lipinski definition) is 2. The Kier molecular flexibility index (Phi) is 4.98. The molecule has 100 valence electrons. The van der Waals surface area contributed by atoms with Gasteiger partial charge < -0.3 is 10.2 Å². The monoisotopic (exact) mass is 512 g/mol. The molecule has 0 atom stereocenters. The molecule has 0 unspecified atom stereocenters. The third-order valence-corrected chi connectivity index (χ3v) is 7.01. The molecule has 0 bridgehead atoms. The van der Waals surface area contributed by atoms with Crippen molar-refractivity contribution in [3.63, 3.8) is 0 Å². The average Bonchev–Trinajstić information content (AvgIpc) is 2.41. The predicted molar refractivity (Wildman–Crippen MR) is 89.8 cm³/mol. The van der Waals surface area contributed by atoms with Crippen LogP contribution in [-0.2, 0) is 6.42 Å². The Hall–Kier alpha value is -0.0400. The highest BCUT2D eigenvalue weighted by Gasteiger charge is 2.18. The van der Waals surface area contributed by atoms with Crippen LogP contribution in [0.4, 0.5) is 0 Å². The van der Waals surface area contributed by atoms with Crippen LogP contribution in [0.15, 0.2) is 42.2 Å². The average molecular weight is 516 g/mol. The van der Waals surface area contributed by atoms with Gasteiger partial charge in [0, 0.05) is 8.95 Å². The molecule has 0 spiro atoms. The lowest BCUT2D eigenvalue weighted by Crippen LogP contribution is -1.94. The molecule has 2 N–H and O–H groups in total. The number of benzene rings is 2. The summed E-state index contributed by atoms with van der Waals surface area (Å²) < 4.78 is 2.81. The third kappa shape index (κ3) is 3.17. The summed E-state index contributed by atoms with van der Waals surface area (Å²) >= 11 is 13.7. The largest absolute Gasteiger partial charge is 0.508 e. The summed E-state index contributed by atoms with van der Waals surface area (Å²) in [6, 6.07) is 7.04. The van der Waals surface area contributed by atoms with E-state index in [2.05, 4.69) is 63.7 Å². The fraction of sp³-hybridized carbons (Fsp3) is 0.0769. The van der Waals surface area contributed by atoms with E-state index in [-0.39, 0.29) is 11.5 Å². The summed E-state index contributed by atoms with van der Waals surface area (Å²) in [4.78, 5) is 0. The molecule has 0 heterocycles. The SMILES string of the molecule is Oc1ccc(Cc2c(Br)c(Br)c(O)c(Br)c2Br)cc1. The lowest BCUT2D eigenvalue weighted by atomic mass is 10.0. The first kappa shape index (κ1) is 15.4. The highest BCUT2D eigenvalue weighted by molar-refractivity contribution is 9.14. The molecule has 0 aromatic heterocycles. The van der Waals surface area contributed by atoms with Crippen molar-refractivity contribution in [2.24, 2.45) is 0 Å². The van der Waals surface area contributed by atoms with Crippen molar-refractivity contribution in [2.75, 3.05) is 0 Å². The third-order valence-electron chi connectivity index (χ3n) is 2.65. The highest BCUT2D eigenvalue weighted by atomic mass is 79.9. The molecule has 2 aromatic carbocycles. The first-order valence-corrected chi connectivity index (χ1v) is 8.40. The maximum atomic E-state index is 9.91. The number of halogens is 4. The fourth-order valence-corrected chi connectivity index (χ4v) is 4.10. The van der Waals surface area contributed by atoms with Crippen LogP contribution in [0.1, 0.15) is 11.1 Å². The van der Waals surface area contributed by atoms with E-state index in [1.54, 1.807) is 12.1 Å². The summed E-state index contributed by atoms with van der Waals surface area (Å²) in [6.07, 6.45) is 0.666. The van der Waals surface area contributed by atoms with Gasteiger partial charge in [0.05, 0.1) is 8.95 Å². The first-order valence-electron chi connectivity index (χ1n) is 5.23. The van der Waals surface area contributed by atoms with Gasteiger partial charge in [0.1, 0.15) is 11.5 Å². The fourth-order valence-electron chi connectivity index (χ4n) is 1.64. The zero-order chi connectivity index (χ0) is 14.2. The number of aromatic hydroxyl groups is 2. The second-order valence-corrected chi connectivity index (χ2v) is 7.10. The Bertz CT molecular complexity index is 595. The first-order chi connectivity index (χ1) is 8.91. The van der Waals surface area contributed by atoms with Gasteiger partial charge in [-0.3, -0.25) is 0 Å². The van der Waals surface area contributed by atoms with Crippen LogP contribution in [0.2, 0.25) is 0 Å². The maximum Gasteiger partial charge on any atom is 0.146 e. The van der Waals surface area contributed by atoms with Gasteiger partial charge in [-0.1, -0.05) is 12.1 Å². The molecule has 0 aliphatic rings. The molecule has 0 aliphatic heterocycles. The number of rotatable bonds is 2. The van der Waals surface area contributed by atoms with Gasteiger partial charge in [-0.25, -0.2) is 0 Å². The summed E-state index contributed by atoms with van der Waals surface area (Å²) in [5, 5.41) is 19.2. The highest BCUT2D eigenvalue weighted by Crippen LogP contribution is 2.46. The van der Waals surface area contributed by atoms with Gasteiger partial charge in [-0.15, -0.1) is 0 Å². The summed E-state index contributed by atoms with van der Waals surface area (Å²) in [6.45, 7) is 0. The Balaban J connectivity index is 2.48. The molecule has 0 aliphatic carbocycles. The van der Waals surface area contributed by atoms with E-state index < -0.39 is 0 Å². The van der Waals surface area contributed by atoms with Crippen LogP contribution in [-0.4, -0.2) is 10.2 Å². The predicted octanol–water partition coefficient (Wildman–Crippen LogP) is 5.74. The zero-order valence-corrected chi connectivity index (χ0v) is 15.8. The van der Waals surface area contributed by atoms with Crippen LogP contribution in [0.25, 0.3) is 0 Å².